The molecule has 50 heavy (non-hydrogen) atoms. The Labute approximate surface area is 290 Å². The van der Waals surface area contributed by atoms with E-state index in [1.807, 2.05) is 76.2 Å². The lowest BCUT2D eigenvalue weighted by molar-refractivity contribution is -0.135. The van der Waals surface area contributed by atoms with Crippen molar-refractivity contribution >= 4 is 29.9 Å². The number of aromatic amines is 2. The van der Waals surface area contributed by atoms with Gasteiger partial charge in [0.25, 0.3) is 0 Å². The number of rotatable bonds is 11. The summed E-state index contributed by atoms with van der Waals surface area (Å²) in [5.74, 6) is 0.160. The molecule has 5 N–H and O–H groups in total. The average Bonchev–Trinajstić information content (AvgIpc) is 3.90. The predicted octanol–water partition coefficient (Wildman–Crippen LogP) is 5.50. The maximum atomic E-state index is 13.5. The number of H-pyrrole nitrogens is 2. The van der Waals surface area contributed by atoms with Crippen LogP contribution in [0.1, 0.15) is 52.4 Å². The molecule has 1 aliphatic heterocycles. The quantitative estimate of drug-likeness (QED) is 0.137. The first kappa shape index (κ1) is 35.6. The van der Waals surface area contributed by atoms with Gasteiger partial charge in [-0.1, -0.05) is 76.2 Å². The van der Waals surface area contributed by atoms with Gasteiger partial charge in [0, 0.05) is 6.54 Å². The summed E-state index contributed by atoms with van der Waals surface area (Å²) in [5, 5.41) is 7.95. The smallest absolute Gasteiger partial charge is 0.407 e. The van der Waals surface area contributed by atoms with Gasteiger partial charge in [-0.3, -0.25) is 14.9 Å². The van der Waals surface area contributed by atoms with Gasteiger partial charge < -0.3 is 35.0 Å². The lowest BCUT2D eigenvalue weighted by Gasteiger charge is -2.30. The molecule has 264 valence electrons. The lowest BCUT2D eigenvalue weighted by atomic mass is 10.0. The van der Waals surface area contributed by atoms with Gasteiger partial charge >= 0.3 is 12.2 Å². The number of hydrogen-bond donors (Lipinski definition) is 5. The van der Waals surface area contributed by atoms with Gasteiger partial charge in [-0.05, 0) is 46.9 Å². The summed E-state index contributed by atoms with van der Waals surface area (Å²) in [6, 6.07) is 14.4. The molecule has 0 bridgehead atoms. The summed E-state index contributed by atoms with van der Waals surface area (Å²) in [7, 11) is 2.53. The Kier molecular flexibility index (Phi) is 11.2. The molecule has 3 heterocycles. The summed E-state index contributed by atoms with van der Waals surface area (Å²) in [6.07, 6.45) is 3.73. The van der Waals surface area contributed by atoms with E-state index < -0.39 is 30.2 Å². The number of benzene rings is 2. The number of amides is 4. The predicted molar refractivity (Wildman–Crippen MR) is 188 cm³/mol. The summed E-state index contributed by atoms with van der Waals surface area (Å²) >= 11 is 0. The maximum Gasteiger partial charge on any atom is 0.407 e. The molecular formula is C36H44N8O6. The van der Waals surface area contributed by atoms with Crippen molar-refractivity contribution in [3.8, 4) is 33.6 Å². The highest BCUT2D eigenvalue weighted by molar-refractivity contribution is 5.95. The highest BCUT2D eigenvalue weighted by Gasteiger charge is 2.37. The number of methoxy groups -OCH3 is 2. The van der Waals surface area contributed by atoms with E-state index >= 15 is 0 Å². The number of carbonyl (C=O) groups excluding carboxylic acids is 4. The largest absolute Gasteiger partial charge is 0.453 e. The molecule has 3 atom stereocenters. The SMILES string of the molecule is COC(=O)N[C@H](C(=O)Nc1ncc(-c2ccc(-c3ccc(-c4cnc([C@@H]5CCCN5C(=O)[C@@H](NC(=O)OC)C(C)C)[nH]4)cc3)cc2)[nH]1)C(C)C. The van der Waals surface area contributed by atoms with Crippen LogP contribution in [0.2, 0.25) is 0 Å². The minimum atomic E-state index is -0.786. The van der Waals surface area contributed by atoms with E-state index in [-0.39, 0.29) is 29.7 Å². The zero-order chi connectivity index (χ0) is 35.9. The molecule has 1 fully saturated rings. The number of likely N-dealkylation sites (tertiary alicyclic amines) is 1. The van der Waals surface area contributed by atoms with Gasteiger partial charge in [0.1, 0.15) is 17.9 Å². The molecule has 0 saturated carbocycles. The monoisotopic (exact) mass is 684 g/mol. The van der Waals surface area contributed by atoms with Crippen molar-refractivity contribution in [2.75, 3.05) is 26.1 Å². The van der Waals surface area contributed by atoms with Crippen LogP contribution in [0.15, 0.2) is 60.9 Å². The molecule has 4 amide bonds. The van der Waals surface area contributed by atoms with E-state index in [1.165, 1.54) is 14.2 Å². The van der Waals surface area contributed by atoms with Crippen LogP contribution < -0.4 is 16.0 Å². The number of imidazole rings is 2. The van der Waals surface area contributed by atoms with Crippen LogP contribution in [0.4, 0.5) is 15.5 Å². The zero-order valence-electron chi connectivity index (χ0n) is 29.1. The molecule has 2 aromatic carbocycles. The topological polar surface area (TPSA) is 183 Å². The summed E-state index contributed by atoms with van der Waals surface area (Å²) in [4.78, 5) is 67.0. The summed E-state index contributed by atoms with van der Waals surface area (Å²) in [6.45, 7) is 8.02. The third kappa shape index (κ3) is 8.13. The van der Waals surface area contributed by atoms with Gasteiger partial charge in [-0.25, -0.2) is 19.6 Å². The second kappa shape index (κ2) is 15.7. The zero-order valence-corrected chi connectivity index (χ0v) is 29.1. The summed E-state index contributed by atoms with van der Waals surface area (Å²) in [5.41, 5.74) is 5.46. The number of ether oxygens (including phenoxy) is 2. The molecule has 1 saturated heterocycles. The summed E-state index contributed by atoms with van der Waals surface area (Å²) < 4.78 is 9.37. The van der Waals surface area contributed by atoms with Crippen LogP contribution in [0.5, 0.6) is 0 Å². The highest BCUT2D eigenvalue weighted by Crippen LogP contribution is 2.33. The van der Waals surface area contributed by atoms with Crippen molar-refractivity contribution in [1.29, 1.82) is 0 Å². The lowest BCUT2D eigenvalue weighted by Crippen LogP contribution is -2.51. The maximum absolute atomic E-state index is 13.5. The van der Waals surface area contributed by atoms with E-state index in [1.54, 1.807) is 17.3 Å². The number of nitrogens with one attached hydrogen (secondary N) is 5. The van der Waals surface area contributed by atoms with Crippen molar-refractivity contribution in [2.45, 2.75) is 58.7 Å². The Hall–Kier alpha value is -5.66. The van der Waals surface area contributed by atoms with E-state index in [0.29, 0.717) is 12.4 Å². The van der Waals surface area contributed by atoms with Crippen molar-refractivity contribution in [2.24, 2.45) is 11.8 Å². The number of alkyl carbamates (subject to hydrolysis) is 2. The average molecular weight is 685 g/mol. The van der Waals surface area contributed by atoms with Crippen molar-refractivity contribution in [1.82, 2.24) is 35.5 Å². The van der Waals surface area contributed by atoms with E-state index in [0.717, 1.165) is 46.5 Å². The molecule has 14 nitrogen and oxygen atoms in total. The third-order valence-corrected chi connectivity index (χ3v) is 8.79. The first-order chi connectivity index (χ1) is 24.0. The molecule has 4 aromatic rings. The second-order valence-corrected chi connectivity index (χ2v) is 12.9. The van der Waals surface area contributed by atoms with Gasteiger partial charge in [0.2, 0.25) is 17.8 Å². The van der Waals surface area contributed by atoms with Crippen molar-refractivity contribution in [3.05, 3.63) is 66.7 Å². The fourth-order valence-electron chi connectivity index (χ4n) is 5.98. The Morgan fingerprint density at radius 2 is 1.24 bits per heavy atom. The van der Waals surface area contributed by atoms with E-state index in [2.05, 4.69) is 40.6 Å². The Bertz CT molecular complexity index is 1800. The molecular weight excluding hydrogens is 640 g/mol. The minimum Gasteiger partial charge on any atom is -0.453 e. The van der Waals surface area contributed by atoms with Gasteiger partial charge in [0.15, 0.2) is 0 Å². The van der Waals surface area contributed by atoms with E-state index in [4.69, 9.17) is 4.74 Å². The first-order valence-electron chi connectivity index (χ1n) is 16.6. The van der Waals surface area contributed by atoms with Crippen LogP contribution in [-0.2, 0) is 19.1 Å². The number of anilines is 1. The number of hydrogen-bond acceptors (Lipinski definition) is 8. The molecule has 14 heteroatoms. The Balaban J connectivity index is 1.23. The molecule has 1 aliphatic rings. The number of carbonyl (C=O) groups is 4. The molecule has 0 aliphatic carbocycles. The number of nitrogens with zero attached hydrogens (tertiary/aromatic N) is 3. The van der Waals surface area contributed by atoms with Gasteiger partial charge in [-0.2, -0.15) is 0 Å². The molecule has 0 unspecified atom stereocenters. The molecule has 5 rings (SSSR count). The van der Waals surface area contributed by atoms with Gasteiger partial charge in [0.05, 0.1) is 44.0 Å². The van der Waals surface area contributed by atoms with Crippen molar-refractivity contribution < 1.29 is 28.7 Å². The minimum absolute atomic E-state index is 0.107. The van der Waals surface area contributed by atoms with Crippen molar-refractivity contribution in [3.63, 3.8) is 0 Å². The molecule has 0 radical (unpaired) electrons. The third-order valence-electron chi connectivity index (χ3n) is 8.79. The molecule has 2 aromatic heterocycles. The standard InChI is InChI=1S/C36H44N8O6/c1-20(2)29(41-35(47)49-5)32(45)43-34-38-19-27(40-34)25-15-11-23(12-16-25)22-9-13-24(14-10-22)26-18-37-31(39-26)28-8-7-17-44(28)33(46)30(21(3)4)42-36(48)50-6/h9-16,18-21,28-30H,7-8,17H2,1-6H3,(H,37,39)(H,41,47)(H,42,48)(H2,38,40,43,45)/t28-,29-,30-/m0/s1. The van der Waals surface area contributed by atoms with Crippen LogP contribution >= 0.6 is 0 Å². The second-order valence-electron chi connectivity index (χ2n) is 12.9. The normalized spacial score (nSPS) is 15.4. The van der Waals surface area contributed by atoms with Crippen LogP contribution in [0.25, 0.3) is 33.6 Å². The fourth-order valence-corrected chi connectivity index (χ4v) is 5.98. The Morgan fingerprint density at radius 3 is 1.78 bits per heavy atom. The fraction of sp³-hybridized carbons (Fsp3) is 0.389. The van der Waals surface area contributed by atoms with Crippen LogP contribution in [-0.4, -0.2) is 81.7 Å². The van der Waals surface area contributed by atoms with E-state index in [9.17, 15) is 19.2 Å². The first-order valence-corrected chi connectivity index (χ1v) is 16.6. The van der Waals surface area contributed by atoms with Crippen LogP contribution in [0, 0.1) is 11.8 Å². The Morgan fingerprint density at radius 1 is 0.740 bits per heavy atom. The highest BCUT2D eigenvalue weighted by atomic mass is 16.5. The molecule has 0 spiro atoms. The van der Waals surface area contributed by atoms with Gasteiger partial charge in [-0.15, -0.1) is 0 Å². The van der Waals surface area contributed by atoms with Crippen LogP contribution in [0.3, 0.4) is 0 Å². The number of aromatic nitrogens is 4.